The Morgan fingerprint density at radius 2 is 2.06 bits per heavy atom. The fourth-order valence-electron chi connectivity index (χ4n) is 1.82. The van der Waals surface area contributed by atoms with Gasteiger partial charge in [-0.1, -0.05) is 37.3 Å². The van der Waals surface area contributed by atoms with Crippen molar-refractivity contribution in [2.45, 2.75) is 26.2 Å². The number of ether oxygens (including phenoxy) is 1. The molecule has 0 bridgehead atoms. The Balaban J connectivity index is 2.15. The molecule has 1 unspecified atom stereocenters. The number of cyclic esters (lactones) is 1. The lowest BCUT2D eigenvalue weighted by Crippen LogP contribution is -2.10. The minimum absolute atomic E-state index is 0.0293. The molecule has 2 rings (SSSR count). The van der Waals surface area contributed by atoms with Crippen LogP contribution < -0.4 is 0 Å². The van der Waals surface area contributed by atoms with E-state index in [-0.39, 0.29) is 11.9 Å². The molecule has 2 heteroatoms. The molecule has 0 aromatic heterocycles. The Bertz CT molecular complexity index is 392. The van der Waals surface area contributed by atoms with Gasteiger partial charge in [0.2, 0.25) is 0 Å². The number of hydrogen-bond acceptors (Lipinski definition) is 2. The van der Waals surface area contributed by atoms with Gasteiger partial charge in [-0.25, -0.2) is 0 Å². The number of carbonyl (C=O) groups is 1. The number of hydrogen-bond donors (Lipinski definition) is 0. The quantitative estimate of drug-likeness (QED) is 0.672. The van der Waals surface area contributed by atoms with Crippen LogP contribution in [0.4, 0.5) is 0 Å². The molecule has 1 aliphatic rings. The van der Waals surface area contributed by atoms with Crippen LogP contribution in [0.3, 0.4) is 0 Å². The summed E-state index contributed by atoms with van der Waals surface area (Å²) in [6.45, 7) is 1.92. The number of allylic oxidation sites excluding steroid dienone is 1. The van der Waals surface area contributed by atoms with Crippen LogP contribution in [-0.4, -0.2) is 5.97 Å². The van der Waals surface area contributed by atoms with Crippen molar-refractivity contribution in [1.29, 1.82) is 0 Å². The Labute approximate surface area is 95.9 Å². The highest BCUT2D eigenvalue weighted by atomic mass is 16.5. The van der Waals surface area contributed by atoms with Gasteiger partial charge in [0.25, 0.3) is 0 Å². The molecule has 2 nitrogen and oxygen atoms in total. The standard InChI is InChI=1S/C14H16O2/c1-11-6-5-9-13(16-14(11)15)10-12-7-3-2-4-8-12/h2-4,7-8,10-11H,5-6,9H2,1H3/b13-10-. The fraction of sp³-hybridized carbons (Fsp3) is 0.357. The van der Waals surface area contributed by atoms with E-state index in [2.05, 4.69) is 0 Å². The second kappa shape index (κ2) is 4.97. The maximum Gasteiger partial charge on any atom is 0.313 e. The maximum atomic E-state index is 11.6. The first-order valence-electron chi connectivity index (χ1n) is 5.73. The molecule has 1 aliphatic heterocycles. The van der Waals surface area contributed by atoms with Gasteiger partial charge in [-0.15, -0.1) is 0 Å². The third-order valence-corrected chi connectivity index (χ3v) is 2.82. The molecule has 16 heavy (non-hydrogen) atoms. The lowest BCUT2D eigenvalue weighted by Gasteiger charge is -2.06. The van der Waals surface area contributed by atoms with Crippen molar-refractivity contribution in [2.75, 3.05) is 0 Å². The average Bonchev–Trinajstić information content (AvgIpc) is 2.43. The highest BCUT2D eigenvalue weighted by Crippen LogP contribution is 2.23. The fourth-order valence-corrected chi connectivity index (χ4v) is 1.82. The summed E-state index contributed by atoms with van der Waals surface area (Å²) in [5.41, 5.74) is 1.08. The van der Waals surface area contributed by atoms with E-state index in [1.807, 2.05) is 43.3 Å². The number of esters is 1. The SMILES string of the molecule is CC1CCC/C(=C/c2ccccc2)OC1=O. The minimum atomic E-state index is -0.0975. The lowest BCUT2D eigenvalue weighted by molar-refractivity contribution is -0.142. The number of benzene rings is 1. The smallest absolute Gasteiger partial charge is 0.313 e. The molecule has 1 saturated heterocycles. The number of carbonyl (C=O) groups excluding carboxylic acids is 1. The summed E-state index contributed by atoms with van der Waals surface area (Å²) < 4.78 is 5.35. The second-order valence-corrected chi connectivity index (χ2v) is 4.24. The van der Waals surface area contributed by atoms with E-state index in [4.69, 9.17) is 4.74 Å². The van der Waals surface area contributed by atoms with Gasteiger partial charge in [0.15, 0.2) is 0 Å². The molecule has 1 fully saturated rings. The van der Waals surface area contributed by atoms with Gasteiger partial charge in [-0.05, 0) is 24.5 Å². The molecule has 1 atom stereocenters. The van der Waals surface area contributed by atoms with Crippen LogP contribution in [0.1, 0.15) is 31.7 Å². The third kappa shape index (κ3) is 2.72. The summed E-state index contributed by atoms with van der Waals surface area (Å²) >= 11 is 0. The third-order valence-electron chi connectivity index (χ3n) is 2.82. The topological polar surface area (TPSA) is 26.3 Å². The first-order valence-corrected chi connectivity index (χ1v) is 5.73. The maximum absolute atomic E-state index is 11.6. The van der Waals surface area contributed by atoms with Crippen molar-refractivity contribution in [1.82, 2.24) is 0 Å². The molecule has 1 heterocycles. The molecule has 84 valence electrons. The second-order valence-electron chi connectivity index (χ2n) is 4.24. The van der Waals surface area contributed by atoms with Crippen LogP contribution in [-0.2, 0) is 9.53 Å². The van der Waals surface area contributed by atoms with E-state index in [0.29, 0.717) is 0 Å². The summed E-state index contributed by atoms with van der Waals surface area (Å²) in [7, 11) is 0. The van der Waals surface area contributed by atoms with Crippen molar-refractivity contribution in [3.05, 3.63) is 41.7 Å². The van der Waals surface area contributed by atoms with Gasteiger partial charge in [0.1, 0.15) is 5.76 Å². The largest absolute Gasteiger partial charge is 0.431 e. The predicted molar refractivity (Wildman–Crippen MR) is 63.5 cm³/mol. The van der Waals surface area contributed by atoms with Crippen LogP contribution in [0.5, 0.6) is 0 Å². The number of rotatable bonds is 1. The van der Waals surface area contributed by atoms with E-state index in [1.165, 1.54) is 0 Å². The summed E-state index contributed by atoms with van der Waals surface area (Å²) in [5.74, 6) is 0.724. The molecule has 0 amide bonds. The Hall–Kier alpha value is -1.57. The molecule has 1 aromatic carbocycles. The van der Waals surface area contributed by atoms with Crippen molar-refractivity contribution < 1.29 is 9.53 Å². The van der Waals surface area contributed by atoms with E-state index in [9.17, 15) is 4.79 Å². The molecule has 0 aliphatic carbocycles. The zero-order valence-corrected chi connectivity index (χ0v) is 9.48. The molecular formula is C14H16O2. The molecule has 0 N–H and O–H groups in total. The summed E-state index contributed by atoms with van der Waals surface area (Å²) in [6.07, 6.45) is 4.75. The van der Waals surface area contributed by atoms with E-state index < -0.39 is 0 Å². The normalized spacial score (nSPS) is 23.9. The monoisotopic (exact) mass is 216 g/mol. The van der Waals surface area contributed by atoms with Gasteiger partial charge < -0.3 is 4.74 Å². The van der Waals surface area contributed by atoms with Gasteiger partial charge >= 0.3 is 5.97 Å². The highest BCUT2D eigenvalue weighted by Gasteiger charge is 2.20. The minimum Gasteiger partial charge on any atom is -0.431 e. The first kappa shape index (κ1) is 10.9. The first-order chi connectivity index (χ1) is 7.75. The van der Waals surface area contributed by atoms with Crippen molar-refractivity contribution >= 4 is 12.0 Å². The van der Waals surface area contributed by atoms with Crippen LogP contribution in [0.2, 0.25) is 0 Å². The average molecular weight is 216 g/mol. The van der Waals surface area contributed by atoms with Crippen LogP contribution in [0.15, 0.2) is 36.1 Å². The molecule has 0 saturated carbocycles. The van der Waals surface area contributed by atoms with Crippen molar-refractivity contribution in [2.24, 2.45) is 5.92 Å². The van der Waals surface area contributed by atoms with E-state index in [1.54, 1.807) is 0 Å². The Morgan fingerprint density at radius 3 is 2.81 bits per heavy atom. The van der Waals surface area contributed by atoms with Crippen LogP contribution in [0.25, 0.3) is 6.08 Å². The molecular weight excluding hydrogens is 200 g/mol. The Kier molecular flexibility index (Phi) is 3.40. The summed E-state index contributed by atoms with van der Waals surface area (Å²) in [5, 5.41) is 0. The van der Waals surface area contributed by atoms with Crippen LogP contribution >= 0.6 is 0 Å². The van der Waals surface area contributed by atoms with Gasteiger partial charge in [-0.3, -0.25) is 4.79 Å². The van der Waals surface area contributed by atoms with E-state index in [0.717, 1.165) is 30.6 Å². The predicted octanol–water partition coefficient (Wildman–Crippen LogP) is 3.39. The zero-order chi connectivity index (χ0) is 11.4. The van der Waals surface area contributed by atoms with Crippen molar-refractivity contribution in [3.8, 4) is 0 Å². The highest BCUT2D eigenvalue weighted by molar-refractivity contribution is 5.74. The van der Waals surface area contributed by atoms with Gasteiger partial charge in [0.05, 0.1) is 5.92 Å². The summed E-state index contributed by atoms with van der Waals surface area (Å²) in [6, 6.07) is 9.95. The summed E-state index contributed by atoms with van der Waals surface area (Å²) in [4.78, 5) is 11.6. The van der Waals surface area contributed by atoms with Gasteiger partial charge in [0, 0.05) is 6.42 Å². The molecule has 0 spiro atoms. The van der Waals surface area contributed by atoms with E-state index >= 15 is 0 Å². The Morgan fingerprint density at radius 1 is 1.31 bits per heavy atom. The lowest BCUT2D eigenvalue weighted by atomic mass is 10.1. The zero-order valence-electron chi connectivity index (χ0n) is 9.48. The molecule has 0 radical (unpaired) electrons. The molecule has 1 aromatic rings. The van der Waals surface area contributed by atoms with Crippen LogP contribution in [0, 0.1) is 5.92 Å². The van der Waals surface area contributed by atoms with Gasteiger partial charge in [-0.2, -0.15) is 0 Å². The van der Waals surface area contributed by atoms with Crippen molar-refractivity contribution in [3.63, 3.8) is 0 Å².